The second kappa shape index (κ2) is 32.5. The van der Waals surface area contributed by atoms with Gasteiger partial charge in [-0.1, -0.05) is 328 Å². The van der Waals surface area contributed by atoms with Crippen LogP contribution in [0.25, 0.3) is 257 Å². The van der Waals surface area contributed by atoms with Gasteiger partial charge in [0, 0.05) is 136 Å². The highest BCUT2D eigenvalue weighted by Crippen LogP contribution is 2.58. The summed E-state index contributed by atoms with van der Waals surface area (Å²) in [6.45, 7) is 0. The summed E-state index contributed by atoms with van der Waals surface area (Å²) in [5, 5.41) is 42.4. The third kappa shape index (κ3) is 12.4. The van der Waals surface area contributed by atoms with Crippen LogP contribution >= 0.6 is 11.3 Å². The van der Waals surface area contributed by atoms with Gasteiger partial charge in [0.15, 0.2) is 23.3 Å². The van der Waals surface area contributed by atoms with E-state index in [0.717, 1.165) is 122 Å². The Morgan fingerprint density at radius 2 is 0.500 bits per heavy atom. The van der Waals surface area contributed by atoms with Crippen molar-refractivity contribution in [2.75, 3.05) is 0 Å². The standard InChI is InChI=1S/C42H27N3.C35H22N4.C29H17N3O.C29H17N3S/c1-3-14-29(15-4-1)42(30-16-5-2-6-17-30)36-20-10-8-18-32(36)34-27-40-35(26-37(34)42)33-19-9-12-22-39(33)44(40)41-25-31-24-23-28-13-7-11-21-38(28)45(31)43-41;1-2-11-24(12-3-1)37-31-16-8-5-13-26(31)28-22-34-29(21-33(28)37)27-14-6-9-17-32(27)38(34)35-20-25-19-18-23-10-4-7-15-30(23)39(25)36-35;2*1-4-10-24-18(7-1)13-14-19-15-29(30-32(19)24)31-25-11-5-2-8-20(25)22-17-28-23(16-26(22)31)21-9-3-6-12-27(21)33-28/h1-27H;1-22H;2*1-17H. The number of benzene rings is 19. The van der Waals surface area contributed by atoms with Crippen LogP contribution in [0.4, 0.5) is 0 Å². The van der Waals surface area contributed by atoms with E-state index in [1.807, 2.05) is 28.0 Å². The molecule has 19 aromatic carbocycles. The minimum atomic E-state index is -0.437. The van der Waals surface area contributed by atoms with Crippen molar-refractivity contribution >= 4 is 228 Å². The van der Waals surface area contributed by atoms with E-state index in [2.05, 4.69) is 528 Å². The number of para-hydroxylation sites is 11. The number of rotatable bonds is 7. The fourth-order valence-corrected chi connectivity index (χ4v) is 25.9. The summed E-state index contributed by atoms with van der Waals surface area (Å²) in [6.07, 6.45) is 0. The van der Waals surface area contributed by atoms with E-state index in [1.165, 1.54) is 157 Å². The Balaban J connectivity index is 0.0000000889. The molecule has 1 aliphatic carbocycles. The molecular weight excluding hydrogens is 1850 g/mol. The molecule has 0 unspecified atom stereocenters. The zero-order chi connectivity index (χ0) is 98.1. The summed E-state index contributed by atoms with van der Waals surface area (Å²) >= 11 is 1.87. The van der Waals surface area contributed by atoms with E-state index in [9.17, 15) is 0 Å². The van der Waals surface area contributed by atoms with Gasteiger partial charge in [0.2, 0.25) is 0 Å². The second-order valence-electron chi connectivity index (χ2n) is 39.3. The fourth-order valence-electron chi connectivity index (χ4n) is 24.7. The first-order valence-corrected chi connectivity index (χ1v) is 51.7. The molecule has 0 amide bonds. The lowest BCUT2D eigenvalue weighted by Crippen LogP contribution is -2.28. The van der Waals surface area contributed by atoms with Gasteiger partial charge in [0.25, 0.3) is 0 Å². The van der Waals surface area contributed by atoms with Crippen molar-refractivity contribution in [2.45, 2.75) is 5.41 Å². The zero-order valence-electron chi connectivity index (χ0n) is 80.6. The molecule has 0 spiro atoms. The fraction of sp³-hybridized carbons (Fsp3) is 0.00741. The summed E-state index contributed by atoms with van der Waals surface area (Å²) in [6, 6.07) is 180. The summed E-state index contributed by atoms with van der Waals surface area (Å²) < 4.78 is 28.7. The van der Waals surface area contributed by atoms with Crippen LogP contribution in [0.3, 0.4) is 0 Å². The number of nitrogens with zero attached hydrogens (tertiary/aromatic N) is 13. The monoisotopic (exact) mass is 1930 g/mol. The maximum absolute atomic E-state index is 6.19. The quantitative estimate of drug-likeness (QED) is 0.158. The molecule has 1 aliphatic rings. The van der Waals surface area contributed by atoms with Crippen LogP contribution < -0.4 is 0 Å². The predicted molar refractivity (Wildman–Crippen MR) is 620 cm³/mol. The molecule has 15 heteroatoms. The molecular formula is C135H83N13OS. The lowest BCUT2D eigenvalue weighted by molar-refractivity contribution is 0.669. The predicted octanol–water partition coefficient (Wildman–Crippen LogP) is 34.1. The van der Waals surface area contributed by atoms with Gasteiger partial charge < -0.3 is 8.98 Å². The number of fused-ring (bicyclic) bond motifs is 36. The van der Waals surface area contributed by atoms with Gasteiger partial charge in [0.05, 0.1) is 105 Å². The van der Waals surface area contributed by atoms with E-state index in [-0.39, 0.29) is 0 Å². The summed E-state index contributed by atoms with van der Waals surface area (Å²) in [5.74, 6) is 3.69. The van der Waals surface area contributed by atoms with Gasteiger partial charge >= 0.3 is 0 Å². The van der Waals surface area contributed by atoms with Crippen molar-refractivity contribution < 1.29 is 4.42 Å². The zero-order valence-corrected chi connectivity index (χ0v) is 81.4. The van der Waals surface area contributed by atoms with E-state index in [1.54, 1.807) is 0 Å². The molecule has 34 aromatic rings. The van der Waals surface area contributed by atoms with Crippen LogP contribution in [-0.4, -0.2) is 61.3 Å². The first-order chi connectivity index (χ1) is 74.4. The van der Waals surface area contributed by atoms with Crippen LogP contribution in [0.1, 0.15) is 22.3 Å². The van der Waals surface area contributed by atoms with Crippen molar-refractivity contribution in [1.29, 1.82) is 0 Å². The van der Waals surface area contributed by atoms with E-state index in [4.69, 9.17) is 24.8 Å². The number of pyridine rings is 4. The van der Waals surface area contributed by atoms with Gasteiger partial charge in [0.1, 0.15) is 11.2 Å². The molecule has 0 radical (unpaired) electrons. The molecule has 0 bridgehead atoms. The number of thiophene rings is 1. The van der Waals surface area contributed by atoms with Crippen LogP contribution in [0.5, 0.6) is 0 Å². The smallest absolute Gasteiger partial charge is 0.160 e. The number of hydrogen-bond donors (Lipinski definition) is 0. The van der Waals surface area contributed by atoms with Crippen LogP contribution in [0.15, 0.2) is 508 Å². The third-order valence-corrected chi connectivity index (χ3v) is 32.4. The van der Waals surface area contributed by atoms with Gasteiger partial charge in [-0.3, -0.25) is 18.3 Å². The maximum Gasteiger partial charge on any atom is 0.160 e. The summed E-state index contributed by atoms with van der Waals surface area (Å²) in [5.41, 5.74) is 30.7. The van der Waals surface area contributed by atoms with E-state index < -0.39 is 5.41 Å². The maximum atomic E-state index is 6.19. The molecule has 0 atom stereocenters. The van der Waals surface area contributed by atoms with Crippen molar-refractivity contribution in [3.63, 3.8) is 0 Å². The minimum Gasteiger partial charge on any atom is -0.456 e. The van der Waals surface area contributed by atoms with E-state index >= 15 is 0 Å². The molecule has 0 saturated carbocycles. The van der Waals surface area contributed by atoms with Gasteiger partial charge in [-0.15, -0.1) is 31.7 Å². The van der Waals surface area contributed by atoms with Gasteiger partial charge in [-0.2, -0.15) is 0 Å². The molecule has 0 saturated heterocycles. The lowest BCUT2D eigenvalue weighted by atomic mass is 9.67. The van der Waals surface area contributed by atoms with Crippen molar-refractivity contribution in [1.82, 2.24) is 61.3 Å². The Morgan fingerprint density at radius 3 is 0.947 bits per heavy atom. The topological polar surface area (TPSA) is 107 Å². The molecule has 150 heavy (non-hydrogen) atoms. The third-order valence-electron chi connectivity index (χ3n) is 31.3. The summed E-state index contributed by atoms with van der Waals surface area (Å²) in [4.78, 5) is 0. The highest BCUT2D eigenvalue weighted by Gasteiger charge is 2.47. The average Bonchev–Trinajstić information content (AvgIpc) is 1.53. The first kappa shape index (κ1) is 83.5. The lowest BCUT2D eigenvalue weighted by Gasteiger charge is -2.33. The second-order valence-corrected chi connectivity index (χ2v) is 40.4. The largest absolute Gasteiger partial charge is 0.456 e. The van der Waals surface area contributed by atoms with Crippen molar-refractivity contribution in [3.05, 3.63) is 526 Å². The number of hydrogen-bond acceptors (Lipinski definition) is 6. The molecule has 15 heterocycles. The normalized spacial score (nSPS) is 12.6. The Kier molecular flexibility index (Phi) is 18.1. The Bertz CT molecular complexity index is 11300. The Labute approximate surface area is 858 Å². The van der Waals surface area contributed by atoms with Crippen LogP contribution in [0.2, 0.25) is 0 Å². The van der Waals surface area contributed by atoms with E-state index in [0.29, 0.717) is 0 Å². The Morgan fingerprint density at radius 1 is 0.180 bits per heavy atom. The SMILES string of the molecule is c1ccc(-n2c3ccccc3c3cc4c(cc32)c2ccccc2n4-c2cc3ccc4ccccc4n3n2)cc1.c1ccc(C2(c3ccccc3)c3ccccc3-c3cc4c(cc32)c2ccccc2n4-c2cc3ccc4ccccc4n3n2)cc1.c1ccc2c(c1)ccc1cc(-n3c4ccccc4c4cc5oc6ccccc6c5cc43)nn12.c1ccc2c(c1)ccc1cc(-n3c4ccccc4c4cc5sc6ccccc6c5cc43)nn12. The van der Waals surface area contributed by atoms with Gasteiger partial charge in [-0.25, -0.2) is 18.1 Å². The van der Waals surface area contributed by atoms with Gasteiger partial charge in [-0.05, 0) is 185 Å². The molecule has 0 aliphatic heterocycles. The molecule has 700 valence electrons. The molecule has 35 rings (SSSR count). The van der Waals surface area contributed by atoms with Crippen LogP contribution in [0, 0.1) is 0 Å². The minimum absolute atomic E-state index is 0.437. The molecule has 15 aromatic heterocycles. The molecule has 14 nitrogen and oxygen atoms in total. The van der Waals surface area contributed by atoms with Crippen molar-refractivity contribution in [2.24, 2.45) is 0 Å². The highest BCUT2D eigenvalue weighted by molar-refractivity contribution is 7.25. The highest BCUT2D eigenvalue weighted by atomic mass is 32.1. The summed E-state index contributed by atoms with van der Waals surface area (Å²) in [7, 11) is 0. The average molecular weight is 1940 g/mol. The first-order valence-electron chi connectivity index (χ1n) is 50.9. The number of aromatic nitrogens is 13. The molecule has 0 fully saturated rings. The van der Waals surface area contributed by atoms with Crippen LogP contribution in [-0.2, 0) is 5.41 Å². The number of furan rings is 1. The molecule has 0 N–H and O–H groups in total. The Hall–Kier alpha value is -20.0. The van der Waals surface area contributed by atoms with Crippen molar-refractivity contribution in [3.8, 4) is 40.1 Å².